The molecule has 2 heteroatoms. The Morgan fingerprint density at radius 3 is 2.75 bits per heavy atom. The zero-order valence-corrected chi connectivity index (χ0v) is 9.06. The molecule has 0 spiro atoms. The molecule has 1 aromatic carbocycles. The zero-order valence-electron chi connectivity index (χ0n) is 9.06. The molecule has 2 nitrogen and oxygen atoms in total. The molecular formula is C14H14O2. The highest BCUT2D eigenvalue weighted by molar-refractivity contribution is 5.89. The van der Waals surface area contributed by atoms with Gasteiger partial charge in [0.2, 0.25) is 0 Å². The Morgan fingerprint density at radius 2 is 2.12 bits per heavy atom. The third kappa shape index (κ3) is 2.40. The summed E-state index contributed by atoms with van der Waals surface area (Å²) in [5.41, 5.74) is 1.76. The van der Waals surface area contributed by atoms with Crippen LogP contribution in [-0.2, 0) is 4.74 Å². The maximum Gasteiger partial charge on any atom is 0.338 e. The smallest absolute Gasteiger partial charge is 0.338 e. The SMILES string of the molecule is C=CC1=C[C@@H](OC(=O)c2ccccc2)CC1. The standard InChI is InChI=1S/C14H14O2/c1-2-11-8-9-13(10-11)16-14(15)12-6-4-3-5-7-12/h2-7,10,13H,1,8-9H2/t13-/m0/s1. The summed E-state index contributed by atoms with van der Waals surface area (Å²) in [6.07, 6.45) is 5.49. The molecule has 1 aromatic rings. The lowest BCUT2D eigenvalue weighted by Crippen LogP contribution is -2.13. The monoisotopic (exact) mass is 214 g/mol. The van der Waals surface area contributed by atoms with E-state index in [0.717, 1.165) is 18.4 Å². The fraction of sp³-hybridized carbons (Fsp3) is 0.214. The average molecular weight is 214 g/mol. The first kappa shape index (κ1) is 10.7. The minimum absolute atomic E-state index is 0.0966. The van der Waals surface area contributed by atoms with Crippen molar-refractivity contribution in [3.8, 4) is 0 Å². The Bertz CT molecular complexity index is 418. The molecular weight excluding hydrogens is 200 g/mol. The van der Waals surface area contributed by atoms with Gasteiger partial charge in [0.25, 0.3) is 0 Å². The van der Waals surface area contributed by atoms with E-state index in [2.05, 4.69) is 6.58 Å². The van der Waals surface area contributed by atoms with Crippen molar-refractivity contribution < 1.29 is 9.53 Å². The number of allylic oxidation sites excluding steroid dienone is 2. The van der Waals surface area contributed by atoms with Gasteiger partial charge in [0.1, 0.15) is 6.10 Å². The van der Waals surface area contributed by atoms with Gasteiger partial charge in [-0.3, -0.25) is 0 Å². The number of hydrogen-bond acceptors (Lipinski definition) is 2. The van der Waals surface area contributed by atoms with Crippen molar-refractivity contribution in [1.29, 1.82) is 0 Å². The second-order valence-corrected chi connectivity index (χ2v) is 3.79. The van der Waals surface area contributed by atoms with Crippen LogP contribution in [0.1, 0.15) is 23.2 Å². The largest absolute Gasteiger partial charge is 0.455 e. The van der Waals surface area contributed by atoms with E-state index in [4.69, 9.17) is 4.74 Å². The molecule has 0 fully saturated rings. The van der Waals surface area contributed by atoms with Crippen molar-refractivity contribution in [2.75, 3.05) is 0 Å². The Labute approximate surface area is 95.2 Å². The zero-order chi connectivity index (χ0) is 11.4. The van der Waals surface area contributed by atoms with Crippen LogP contribution in [-0.4, -0.2) is 12.1 Å². The van der Waals surface area contributed by atoms with Crippen LogP contribution in [0, 0.1) is 0 Å². The number of esters is 1. The van der Waals surface area contributed by atoms with Gasteiger partial charge in [-0.15, -0.1) is 0 Å². The molecule has 0 radical (unpaired) electrons. The minimum Gasteiger partial charge on any atom is -0.455 e. The number of benzene rings is 1. The van der Waals surface area contributed by atoms with Gasteiger partial charge in [-0.25, -0.2) is 4.79 Å². The van der Waals surface area contributed by atoms with E-state index in [-0.39, 0.29) is 12.1 Å². The average Bonchev–Trinajstić information content (AvgIpc) is 2.78. The molecule has 16 heavy (non-hydrogen) atoms. The van der Waals surface area contributed by atoms with Gasteiger partial charge in [0.05, 0.1) is 5.56 Å². The quantitative estimate of drug-likeness (QED) is 0.722. The lowest BCUT2D eigenvalue weighted by molar-refractivity contribution is 0.0395. The molecule has 0 saturated heterocycles. The molecule has 1 aliphatic rings. The molecule has 0 aromatic heterocycles. The normalized spacial score (nSPS) is 19.0. The first-order valence-electron chi connectivity index (χ1n) is 5.39. The van der Waals surface area contributed by atoms with Crippen LogP contribution in [0.3, 0.4) is 0 Å². The third-order valence-electron chi connectivity index (χ3n) is 2.65. The number of hydrogen-bond donors (Lipinski definition) is 0. The number of rotatable bonds is 3. The molecule has 0 unspecified atom stereocenters. The van der Waals surface area contributed by atoms with Crippen LogP contribution < -0.4 is 0 Å². The molecule has 0 aliphatic heterocycles. The molecule has 0 amide bonds. The summed E-state index contributed by atoms with van der Waals surface area (Å²) >= 11 is 0. The maximum atomic E-state index is 11.7. The van der Waals surface area contributed by atoms with Crippen molar-refractivity contribution in [1.82, 2.24) is 0 Å². The van der Waals surface area contributed by atoms with Crippen LogP contribution in [0.5, 0.6) is 0 Å². The number of carbonyl (C=O) groups is 1. The molecule has 82 valence electrons. The van der Waals surface area contributed by atoms with Gasteiger partial charge < -0.3 is 4.74 Å². The van der Waals surface area contributed by atoms with Gasteiger partial charge in [0.15, 0.2) is 0 Å². The van der Waals surface area contributed by atoms with Crippen LogP contribution in [0.15, 0.2) is 54.6 Å². The van der Waals surface area contributed by atoms with E-state index in [1.165, 1.54) is 0 Å². The maximum absolute atomic E-state index is 11.7. The Hall–Kier alpha value is -1.83. The molecule has 1 aliphatic carbocycles. The van der Waals surface area contributed by atoms with Crippen molar-refractivity contribution in [3.05, 3.63) is 60.2 Å². The molecule has 1 atom stereocenters. The Balaban J connectivity index is 1.99. The van der Waals surface area contributed by atoms with Crippen LogP contribution in [0.25, 0.3) is 0 Å². The Kier molecular flexibility index (Phi) is 3.20. The fourth-order valence-electron chi connectivity index (χ4n) is 1.76. The van der Waals surface area contributed by atoms with Gasteiger partial charge in [-0.2, -0.15) is 0 Å². The molecule has 0 heterocycles. The van der Waals surface area contributed by atoms with Crippen molar-refractivity contribution >= 4 is 5.97 Å². The summed E-state index contributed by atoms with van der Waals surface area (Å²) in [6, 6.07) is 9.05. The molecule has 0 saturated carbocycles. The highest BCUT2D eigenvalue weighted by atomic mass is 16.5. The fourth-order valence-corrected chi connectivity index (χ4v) is 1.76. The molecule has 0 bridgehead atoms. The van der Waals surface area contributed by atoms with Crippen LogP contribution in [0.4, 0.5) is 0 Å². The summed E-state index contributed by atoms with van der Waals surface area (Å²) in [5.74, 6) is -0.257. The molecule has 0 N–H and O–H groups in total. The van der Waals surface area contributed by atoms with Gasteiger partial charge in [-0.1, -0.05) is 30.9 Å². The second kappa shape index (κ2) is 4.79. The lowest BCUT2D eigenvalue weighted by atomic mass is 10.2. The highest BCUT2D eigenvalue weighted by Crippen LogP contribution is 2.22. The minimum atomic E-state index is -0.257. The summed E-state index contributed by atoms with van der Waals surface area (Å²) in [7, 11) is 0. The number of ether oxygens (including phenoxy) is 1. The third-order valence-corrected chi connectivity index (χ3v) is 2.65. The van der Waals surface area contributed by atoms with E-state index >= 15 is 0 Å². The predicted octanol–water partition coefficient (Wildman–Crippen LogP) is 3.12. The Morgan fingerprint density at radius 1 is 1.38 bits per heavy atom. The summed E-state index contributed by atoms with van der Waals surface area (Å²) in [6.45, 7) is 3.71. The summed E-state index contributed by atoms with van der Waals surface area (Å²) in [5, 5.41) is 0. The van der Waals surface area contributed by atoms with Gasteiger partial charge >= 0.3 is 5.97 Å². The topological polar surface area (TPSA) is 26.3 Å². The van der Waals surface area contributed by atoms with E-state index in [1.54, 1.807) is 12.1 Å². The van der Waals surface area contributed by atoms with Crippen molar-refractivity contribution in [3.63, 3.8) is 0 Å². The summed E-state index contributed by atoms with van der Waals surface area (Å²) in [4.78, 5) is 11.7. The number of carbonyl (C=O) groups excluding carboxylic acids is 1. The first-order valence-corrected chi connectivity index (χ1v) is 5.39. The van der Waals surface area contributed by atoms with Gasteiger partial charge in [-0.05, 0) is 36.6 Å². The molecule has 2 rings (SSSR count). The first-order chi connectivity index (χ1) is 7.79. The van der Waals surface area contributed by atoms with E-state index in [0.29, 0.717) is 5.56 Å². The second-order valence-electron chi connectivity index (χ2n) is 3.79. The van der Waals surface area contributed by atoms with E-state index in [9.17, 15) is 4.79 Å². The van der Waals surface area contributed by atoms with Crippen molar-refractivity contribution in [2.45, 2.75) is 18.9 Å². The highest BCUT2D eigenvalue weighted by Gasteiger charge is 2.18. The van der Waals surface area contributed by atoms with Crippen LogP contribution >= 0.6 is 0 Å². The van der Waals surface area contributed by atoms with Crippen LogP contribution in [0.2, 0.25) is 0 Å². The van der Waals surface area contributed by atoms with Crippen molar-refractivity contribution in [2.24, 2.45) is 0 Å². The van der Waals surface area contributed by atoms with E-state index < -0.39 is 0 Å². The van der Waals surface area contributed by atoms with Gasteiger partial charge in [0, 0.05) is 0 Å². The predicted molar refractivity (Wildman–Crippen MR) is 63.2 cm³/mol. The lowest BCUT2D eigenvalue weighted by Gasteiger charge is -2.09. The summed E-state index contributed by atoms with van der Waals surface area (Å²) < 4.78 is 5.37. The van der Waals surface area contributed by atoms with E-state index in [1.807, 2.05) is 30.4 Å².